The van der Waals surface area contributed by atoms with Crippen LogP contribution in [0.5, 0.6) is 5.75 Å². The van der Waals surface area contributed by atoms with Gasteiger partial charge < -0.3 is 9.47 Å². The highest BCUT2D eigenvalue weighted by Crippen LogP contribution is 2.21. The summed E-state index contributed by atoms with van der Waals surface area (Å²) in [6.07, 6.45) is 0. The van der Waals surface area contributed by atoms with Crippen molar-refractivity contribution in [3.63, 3.8) is 0 Å². The zero-order chi connectivity index (χ0) is 10.4. The fourth-order valence-corrected chi connectivity index (χ4v) is 1.08. The molecule has 0 bridgehead atoms. The second-order valence-corrected chi connectivity index (χ2v) is 2.92. The highest BCUT2D eigenvalue weighted by atomic mass is 35.5. The van der Waals surface area contributed by atoms with Crippen molar-refractivity contribution < 1.29 is 9.47 Å². The van der Waals surface area contributed by atoms with Crippen molar-refractivity contribution in [1.82, 2.24) is 0 Å². The molecule has 0 unspecified atom stereocenters. The summed E-state index contributed by atoms with van der Waals surface area (Å²) in [4.78, 5) is 0. The van der Waals surface area contributed by atoms with Crippen molar-refractivity contribution >= 4 is 11.6 Å². The molecule has 3 nitrogen and oxygen atoms in total. The molecule has 0 N–H and O–H groups in total. The van der Waals surface area contributed by atoms with Crippen LogP contribution in [0.3, 0.4) is 0 Å². The lowest BCUT2D eigenvalue weighted by molar-refractivity contribution is 0.0224. The molecule has 0 radical (unpaired) electrons. The minimum absolute atomic E-state index is 0.193. The highest BCUT2D eigenvalue weighted by Gasteiger charge is 2.01. The van der Waals surface area contributed by atoms with Crippen LogP contribution in [-0.4, -0.2) is 13.4 Å². The maximum atomic E-state index is 8.62. The van der Waals surface area contributed by atoms with Gasteiger partial charge in [-0.05, 0) is 19.1 Å². The first-order valence-corrected chi connectivity index (χ1v) is 4.56. The molecule has 0 heterocycles. The molecule has 4 heteroatoms. The van der Waals surface area contributed by atoms with Crippen molar-refractivity contribution in [2.75, 3.05) is 13.4 Å². The van der Waals surface area contributed by atoms with Crippen molar-refractivity contribution in [3.05, 3.63) is 28.8 Å². The first kappa shape index (κ1) is 10.8. The lowest BCUT2D eigenvalue weighted by Gasteiger charge is -2.06. The zero-order valence-corrected chi connectivity index (χ0v) is 8.54. The van der Waals surface area contributed by atoms with Crippen LogP contribution in [0.2, 0.25) is 5.02 Å². The van der Waals surface area contributed by atoms with Gasteiger partial charge in [-0.3, -0.25) is 0 Å². The first-order valence-electron chi connectivity index (χ1n) is 4.18. The monoisotopic (exact) mass is 211 g/mol. The van der Waals surface area contributed by atoms with Crippen LogP contribution in [0.25, 0.3) is 0 Å². The molecule has 0 aromatic heterocycles. The molecule has 0 fully saturated rings. The SMILES string of the molecule is CCOCOc1ccc(C#N)c(Cl)c1. The highest BCUT2D eigenvalue weighted by molar-refractivity contribution is 6.31. The number of hydrogen-bond donors (Lipinski definition) is 0. The van der Waals surface area contributed by atoms with E-state index >= 15 is 0 Å². The molecule has 74 valence electrons. The summed E-state index contributed by atoms with van der Waals surface area (Å²) >= 11 is 5.80. The standard InChI is InChI=1S/C10H10ClNO2/c1-2-13-7-14-9-4-3-8(6-12)10(11)5-9/h3-5H,2,7H2,1H3. The van der Waals surface area contributed by atoms with E-state index in [1.165, 1.54) is 0 Å². The molecule has 0 saturated heterocycles. The minimum Gasteiger partial charge on any atom is -0.468 e. The van der Waals surface area contributed by atoms with E-state index in [1.807, 2.05) is 13.0 Å². The predicted molar refractivity (Wildman–Crippen MR) is 53.3 cm³/mol. The van der Waals surface area contributed by atoms with E-state index in [0.717, 1.165) is 0 Å². The zero-order valence-electron chi connectivity index (χ0n) is 7.79. The molecule has 0 atom stereocenters. The Hall–Kier alpha value is -1.24. The topological polar surface area (TPSA) is 42.2 Å². The van der Waals surface area contributed by atoms with E-state index in [4.69, 9.17) is 26.3 Å². The quantitative estimate of drug-likeness (QED) is 0.568. The Morgan fingerprint density at radius 1 is 1.50 bits per heavy atom. The van der Waals surface area contributed by atoms with Gasteiger partial charge >= 0.3 is 0 Å². The lowest BCUT2D eigenvalue weighted by Crippen LogP contribution is -2.01. The first-order chi connectivity index (χ1) is 6.77. The summed E-state index contributed by atoms with van der Waals surface area (Å²) in [5, 5.41) is 9.01. The minimum atomic E-state index is 0.193. The van der Waals surface area contributed by atoms with E-state index in [1.54, 1.807) is 18.2 Å². The number of rotatable bonds is 4. The number of benzene rings is 1. The number of nitriles is 1. The Bertz CT molecular complexity index is 346. The van der Waals surface area contributed by atoms with E-state index in [9.17, 15) is 0 Å². The van der Waals surface area contributed by atoms with Gasteiger partial charge in [0.15, 0.2) is 6.79 Å². The van der Waals surface area contributed by atoms with Crippen LogP contribution in [0, 0.1) is 11.3 Å². The number of hydrogen-bond acceptors (Lipinski definition) is 3. The van der Waals surface area contributed by atoms with E-state index in [0.29, 0.717) is 22.9 Å². The van der Waals surface area contributed by atoms with Crippen LogP contribution < -0.4 is 4.74 Å². The Kier molecular flexibility index (Phi) is 4.24. The van der Waals surface area contributed by atoms with Gasteiger partial charge in [-0.2, -0.15) is 5.26 Å². The van der Waals surface area contributed by atoms with Crippen molar-refractivity contribution in [1.29, 1.82) is 5.26 Å². The van der Waals surface area contributed by atoms with Crippen molar-refractivity contribution in [3.8, 4) is 11.8 Å². The van der Waals surface area contributed by atoms with Crippen molar-refractivity contribution in [2.24, 2.45) is 0 Å². The largest absolute Gasteiger partial charge is 0.468 e. The molecule has 0 aliphatic carbocycles. The summed E-state index contributed by atoms with van der Waals surface area (Å²) < 4.78 is 10.2. The maximum Gasteiger partial charge on any atom is 0.189 e. The smallest absolute Gasteiger partial charge is 0.189 e. The molecule has 0 spiro atoms. The summed E-state index contributed by atoms with van der Waals surface area (Å²) in [6.45, 7) is 2.68. The average molecular weight is 212 g/mol. The third-order valence-electron chi connectivity index (χ3n) is 1.57. The molecule has 1 aromatic rings. The number of ether oxygens (including phenoxy) is 2. The van der Waals surface area contributed by atoms with Gasteiger partial charge in [0, 0.05) is 12.7 Å². The molecular weight excluding hydrogens is 202 g/mol. The van der Waals surface area contributed by atoms with Crippen LogP contribution in [0.15, 0.2) is 18.2 Å². The van der Waals surface area contributed by atoms with Gasteiger partial charge in [-0.25, -0.2) is 0 Å². The van der Waals surface area contributed by atoms with Gasteiger partial charge in [-0.1, -0.05) is 11.6 Å². The van der Waals surface area contributed by atoms with Gasteiger partial charge in [-0.15, -0.1) is 0 Å². The molecule has 14 heavy (non-hydrogen) atoms. The third-order valence-corrected chi connectivity index (χ3v) is 1.89. The lowest BCUT2D eigenvalue weighted by atomic mass is 10.2. The van der Waals surface area contributed by atoms with Crippen molar-refractivity contribution in [2.45, 2.75) is 6.92 Å². The summed E-state index contributed by atoms with van der Waals surface area (Å²) in [7, 11) is 0. The van der Waals surface area contributed by atoms with E-state index in [-0.39, 0.29) is 6.79 Å². The van der Waals surface area contributed by atoms with Gasteiger partial charge in [0.1, 0.15) is 11.8 Å². The third kappa shape index (κ3) is 2.91. The van der Waals surface area contributed by atoms with Gasteiger partial charge in [0.05, 0.1) is 10.6 Å². The van der Waals surface area contributed by atoms with Crippen LogP contribution in [0.4, 0.5) is 0 Å². The van der Waals surface area contributed by atoms with Gasteiger partial charge in [0.2, 0.25) is 0 Å². The number of nitrogens with zero attached hydrogens (tertiary/aromatic N) is 1. The van der Waals surface area contributed by atoms with Gasteiger partial charge in [0.25, 0.3) is 0 Å². The molecule has 1 aromatic carbocycles. The second-order valence-electron chi connectivity index (χ2n) is 2.51. The average Bonchev–Trinajstić information content (AvgIpc) is 2.18. The molecule has 0 aliphatic heterocycles. The second kappa shape index (κ2) is 5.48. The summed E-state index contributed by atoms with van der Waals surface area (Å²) in [6, 6.07) is 6.87. The molecule has 0 aliphatic rings. The molecule has 0 saturated carbocycles. The summed E-state index contributed by atoms with van der Waals surface area (Å²) in [5.41, 5.74) is 0.440. The predicted octanol–water partition coefficient (Wildman–Crippen LogP) is 2.58. The van der Waals surface area contributed by atoms with Crippen LogP contribution >= 0.6 is 11.6 Å². The molecule has 1 rings (SSSR count). The Morgan fingerprint density at radius 3 is 2.86 bits per heavy atom. The normalized spacial score (nSPS) is 9.50. The number of halogens is 1. The van der Waals surface area contributed by atoms with Crippen LogP contribution in [0.1, 0.15) is 12.5 Å². The van der Waals surface area contributed by atoms with E-state index in [2.05, 4.69) is 0 Å². The van der Waals surface area contributed by atoms with Crippen LogP contribution in [-0.2, 0) is 4.74 Å². The Balaban J connectivity index is 2.63. The maximum absolute atomic E-state index is 8.62. The fourth-order valence-electron chi connectivity index (χ4n) is 0.869. The fraction of sp³-hybridized carbons (Fsp3) is 0.300. The Morgan fingerprint density at radius 2 is 2.29 bits per heavy atom. The molecular formula is C10H10ClNO2. The summed E-state index contributed by atoms with van der Waals surface area (Å²) in [5.74, 6) is 0.599. The molecule has 0 amide bonds. The Labute approximate surface area is 87.8 Å². The van der Waals surface area contributed by atoms with E-state index < -0.39 is 0 Å².